The van der Waals surface area contributed by atoms with Crippen LogP contribution < -0.4 is 9.64 Å². The van der Waals surface area contributed by atoms with Gasteiger partial charge in [0.05, 0.1) is 19.2 Å². The number of pyridine rings is 1. The van der Waals surface area contributed by atoms with Crippen LogP contribution in [0.15, 0.2) is 48.7 Å². The van der Waals surface area contributed by atoms with E-state index in [0.717, 1.165) is 27.6 Å². The van der Waals surface area contributed by atoms with E-state index in [1.807, 2.05) is 42.5 Å². The Morgan fingerprint density at radius 1 is 1.17 bits per heavy atom. The number of carbonyl (C=O) groups excluding carboxylic acids is 1. The summed E-state index contributed by atoms with van der Waals surface area (Å²) in [5, 5.41) is 1.90. The minimum atomic E-state index is -0.0226. The third-order valence-electron chi connectivity index (χ3n) is 4.35. The Hall–Kier alpha value is -2.59. The predicted octanol–water partition coefficient (Wildman–Crippen LogP) is 4.14. The fraction of sp³-hybridized carbons (Fsp3) is 0.158. The smallest absolute Gasteiger partial charge is 0.260 e. The first-order valence-corrected chi connectivity index (χ1v) is 8.17. The van der Waals surface area contributed by atoms with Crippen molar-refractivity contribution in [3.8, 4) is 5.75 Å². The molecule has 0 unspecified atom stereocenters. The standard InChI is InChI=1S/C19H15ClN2O2/c1-24-14-7-5-12(6-8-14)11-22-18-17-15(13(9-20)10-21-18)3-2-4-16(17)19(22)23/h2-8,10H,9,11H2,1H3. The van der Waals surface area contributed by atoms with Crippen LogP contribution in [-0.4, -0.2) is 18.0 Å². The molecule has 0 saturated heterocycles. The van der Waals surface area contributed by atoms with Crippen molar-refractivity contribution < 1.29 is 9.53 Å². The second-order valence-electron chi connectivity index (χ2n) is 5.71. The molecule has 0 aliphatic carbocycles. The van der Waals surface area contributed by atoms with Crippen LogP contribution in [0.4, 0.5) is 5.82 Å². The number of halogens is 1. The second kappa shape index (κ2) is 5.80. The molecule has 0 fully saturated rings. The molecule has 0 saturated carbocycles. The van der Waals surface area contributed by atoms with Crippen molar-refractivity contribution >= 4 is 34.1 Å². The number of methoxy groups -OCH3 is 1. The largest absolute Gasteiger partial charge is 0.497 e. The molecule has 0 radical (unpaired) electrons. The average Bonchev–Trinajstić information content (AvgIpc) is 2.90. The Kier molecular flexibility index (Phi) is 3.62. The number of rotatable bonds is 4. The molecule has 0 N–H and O–H groups in total. The van der Waals surface area contributed by atoms with Gasteiger partial charge in [0.2, 0.25) is 0 Å². The molecule has 1 aliphatic heterocycles. The SMILES string of the molecule is COc1ccc(CN2C(=O)c3cccc4c(CCl)cnc2c34)cc1. The van der Waals surface area contributed by atoms with Crippen molar-refractivity contribution in [1.29, 1.82) is 0 Å². The van der Waals surface area contributed by atoms with Crippen LogP contribution in [0.5, 0.6) is 5.75 Å². The van der Waals surface area contributed by atoms with Crippen molar-refractivity contribution in [3.05, 3.63) is 65.4 Å². The monoisotopic (exact) mass is 338 g/mol. The Bertz CT molecular complexity index is 938. The summed E-state index contributed by atoms with van der Waals surface area (Å²) in [5.74, 6) is 1.85. The molecule has 1 aliphatic rings. The van der Waals surface area contributed by atoms with Crippen LogP contribution in [0.25, 0.3) is 10.8 Å². The number of alkyl halides is 1. The first-order valence-electron chi connectivity index (χ1n) is 7.64. The van der Waals surface area contributed by atoms with E-state index in [4.69, 9.17) is 16.3 Å². The van der Waals surface area contributed by atoms with Gasteiger partial charge < -0.3 is 4.74 Å². The number of benzene rings is 2. The van der Waals surface area contributed by atoms with E-state index in [9.17, 15) is 4.79 Å². The Morgan fingerprint density at radius 3 is 2.67 bits per heavy atom. The molecule has 4 nitrogen and oxygen atoms in total. The molecular formula is C19H15ClN2O2. The van der Waals surface area contributed by atoms with Gasteiger partial charge in [-0.3, -0.25) is 9.69 Å². The van der Waals surface area contributed by atoms with Crippen molar-refractivity contribution in [2.45, 2.75) is 12.4 Å². The van der Waals surface area contributed by atoms with Gasteiger partial charge in [-0.15, -0.1) is 11.6 Å². The van der Waals surface area contributed by atoms with Gasteiger partial charge in [-0.2, -0.15) is 0 Å². The molecule has 0 atom stereocenters. The maximum absolute atomic E-state index is 12.8. The Balaban J connectivity index is 1.77. The van der Waals surface area contributed by atoms with Gasteiger partial charge in [-0.05, 0) is 34.7 Å². The predicted molar refractivity (Wildman–Crippen MR) is 94.8 cm³/mol. The lowest BCUT2D eigenvalue weighted by atomic mass is 10.0. The van der Waals surface area contributed by atoms with Gasteiger partial charge in [0, 0.05) is 17.5 Å². The molecule has 1 amide bonds. The molecule has 2 heterocycles. The number of anilines is 1. The summed E-state index contributed by atoms with van der Waals surface area (Å²) in [5.41, 5.74) is 2.65. The quantitative estimate of drug-likeness (QED) is 0.671. The maximum atomic E-state index is 12.8. The summed E-state index contributed by atoms with van der Waals surface area (Å²) in [6, 6.07) is 13.4. The third kappa shape index (κ3) is 2.22. The molecule has 5 heteroatoms. The number of hydrogen-bond donors (Lipinski definition) is 0. The first kappa shape index (κ1) is 15.0. The van der Waals surface area contributed by atoms with Crippen molar-refractivity contribution in [1.82, 2.24) is 4.98 Å². The number of aromatic nitrogens is 1. The maximum Gasteiger partial charge on any atom is 0.260 e. The van der Waals surface area contributed by atoms with E-state index < -0.39 is 0 Å². The molecule has 2 aromatic carbocycles. The van der Waals surface area contributed by atoms with E-state index >= 15 is 0 Å². The van der Waals surface area contributed by atoms with Gasteiger partial charge in [0.1, 0.15) is 11.6 Å². The highest BCUT2D eigenvalue weighted by molar-refractivity contribution is 6.25. The van der Waals surface area contributed by atoms with Gasteiger partial charge in [-0.1, -0.05) is 24.3 Å². The summed E-state index contributed by atoms with van der Waals surface area (Å²) < 4.78 is 5.18. The highest BCUT2D eigenvalue weighted by Gasteiger charge is 2.31. The topological polar surface area (TPSA) is 42.4 Å². The van der Waals surface area contributed by atoms with Crippen LogP contribution in [0.3, 0.4) is 0 Å². The zero-order valence-electron chi connectivity index (χ0n) is 13.1. The zero-order chi connectivity index (χ0) is 16.7. The zero-order valence-corrected chi connectivity index (χ0v) is 13.9. The number of ether oxygens (including phenoxy) is 1. The third-order valence-corrected chi connectivity index (χ3v) is 4.64. The molecule has 1 aromatic heterocycles. The minimum Gasteiger partial charge on any atom is -0.497 e. The van der Waals surface area contributed by atoms with Crippen molar-refractivity contribution in [2.24, 2.45) is 0 Å². The van der Waals surface area contributed by atoms with E-state index in [0.29, 0.717) is 23.8 Å². The highest BCUT2D eigenvalue weighted by atomic mass is 35.5. The molecule has 120 valence electrons. The summed E-state index contributed by atoms with van der Waals surface area (Å²) in [4.78, 5) is 19.1. The van der Waals surface area contributed by atoms with Crippen LogP contribution in [0.1, 0.15) is 21.5 Å². The lowest BCUT2D eigenvalue weighted by molar-refractivity contribution is 0.0991. The van der Waals surface area contributed by atoms with Crippen LogP contribution in [-0.2, 0) is 12.4 Å². The fourth-order valence-electron chi connectivity index (χ4n) is 3.13. The van der Waals surface area contributed by atoms with Crippen molar-refractivity contribution in [2.75, 3.05) is 12.0 Å². The molecule has 24 heavy (non-hydrogen) atoms. The summed E-state index contributed by atoms with van der Waals surface area (Å²) >= 11 is 6.01. The van der Waals surface area contributed by atoms with E-state index in [-0.39, 0.29) is 5.91 Å². The molecule has 4 rings (SSSR count). The number of amides is 1. The van der Waals surface area contributed by atoms with Crippen LogP contribution in [0.2, 0.25) is 0 Å². The lowest BCUT2D eigenvalue weighted by Crippen LogP contribution is -2.26. The van der Waals surface area contributed by atoms with Crippen LogP contribution in [0, 0.1) is 0 Å². The lowest BCUT2D eigenvalue weighted by Gasteiger charge is -2.17. The highest BCUT2D eigenvalue weighted by Crippen LogP contribution is 2.38. The normalized spacial score (nSPS) is 12.9. The number of carbonyl (C=O) groups is 1. The van der Waals surface area contributed by atoms with Crippen molar-refractivity contribution in [3.63, 3.8) is 0 Å². The van der Waals surface area contributed by atoms with Gasteiger partial charge in [-0.25, -0.2) is 4.98 Å². The summed E-state index contributed by atoms with van der Waals surface area (Å²) in [6.07, 6.45) is 1.76. The summed E-state index contributed by atoms with van der Waals surface area (Å²) in [6.45, 7) is 0.472. The molecular weight excluding hydrogens is 324 g/mol. The average molecular weight is 339 g/mol. The van der Waals surface area contributed by atoms with Gasteiger partial charge in [0.25, 0.3) is 5.91 Å². The van der Waals surface area contributed by atoms with E-state index in [1.54, 1.807) is 18.2 Å². The molecule has 0 spiro atoms. The molecule has 0 bridgehead atoms. The Labute approximate surface area is 144 Å². The number of hydrogen-bond acceptors (Lipinski definition) is 3. The summed E-state index contributed by atoms with van der Waals surface area (Å²) in [7, 11) is 1.63. The van der Waals surface area contributed by atoms with E-state index in [1.165, 1.54) is 0 Å². The molecule has 3 aromatic rings. The van der Waals surface area contributed by atoms with E-state index in [2.05, 4.69) is 4.98 Å². The Morgan fingerprint density at radius 2 is 1.96 bits per heavy atom. The number of nitrogens with zero attached hydrogens (tertiary/aromatic N) is 2. The van der Waals surface area contributed by atoms with Gasteiger partial charge in [0.15, 0.2) is 0 Å². The fourth-order valence-corrected chi connectivity index (χ4v) is 3.34. The van der Waals surface area contributed by atoms with Gasteiger partial charge >= 0.3 is 0 Å². The minimum absolute atomic E-state index is 0.0226. The second-order valence-corrected chi connectivity index (χ2v) is 5.98. The van der Waals surface area contributed by atoms with Crippen LogP contribution >= 0.6 is 11.6 Å². The first-order chi connectivity index (χ1) is 11.7.